The summed E-state index contributed by atoms with van der Waals surface area (Å²) in [5.41, 5.74) is 0. The third-order valence-corrected chi connectivity index (χ3v) is 6.10. The summed E-state index contributed by atoms with van der Waals surface area (Å²) in [5.74, 6) is 1.17. The molecule has 2 aliphatic heterocycles. The highest BCUT2D eigenvalue weighted by atomic mass is 32.2. The van der Waals surface area contributed by atoms with E-state index in [0.29, 0.717) is 31.0 Å². The third kappa shape index (κ3) is 4.16. The zero-order chi connectivity index (χ0) is 14.8. The second kappa shape index (κ2) is 6.73. The minimum atomic E-state index is -3.02. The fourth-order valence-corrected chi connectivity index (χ4v) is 4.61. The molecule has 20 heavy (non-hydrogen) atoms. The number of nitrogens with zero attached hydrogens (tertiary/aromatic N) is 2. The summed E-state index contributed by atoms with van der Waals surface area (Å²) in [6.07, 6.45) is 4.68. The molecule has 0 aromatic carbocycles. The van der Waals surface area contributed by atoms with Crippen molar-refractivity contribution in [2.75, 3.05) is 46.0 Å². The number of nitrogens with one attached hydrogen (secondary N) is 1. The number of likely N-dealkylation sites (tertiary alicyclic amines) is 1. The minimum Gasteiger partial charge on any atom is -0.317 e. The standard InChI is InChI=1S/C14H29N3O2S/c1-12-9-16(8-6-14(12)15-2)10-13-5-4-7-17(11-13)20(3,18)19/h12-15H,4-11H2,1-3H3. The zero-order valence-corrected chi connectivity index (χ0v) is 13.8. The first-order valence-electron chi connectivity index (χ1n) is 7.75. The smallest absolute Gasteiger partial charge is 0.211 e. The van der Waals surface area contributed by atoms with Crippen molar-refractivity contribution in [1.82, 2.24) is 14.5 Å². The van der Waals surface area contributed by atoms with E-state index in [2.05, 4.69) is 17.1 Å². The molecule has 5 nitrogen and oxygen atoms in total. The molecule has 6 heteroatoms. The summed E-state index contributed by atoms with van der Waals surface area (Å²) in [7, 11) is -0.975. The third-order valence-electron chi connectivity index (χ3n) is 4.83. The van der Waals surface area contributed by atoms with E-state index in [1.165, 1.54) is 12.7 Å². The molecule has 2 rings (SSSR count). The summed E-state index contributed by atoms with van der Waals surface area (Å²) in [4.78, 5) is 2.52. The quantitative estimate of drug-likeness (QED) is 0.826. The van der Waals surface area contributed by atoms with Gasteiger partial charge in [-0.05, 0) is 44.7 Å². The van der Waals surface area contributed by atoms with Crippen molar-refractivity contribution in [2.24, 2.45) is 11.8 Å². The zero-order valence-electron chi connectivity index (χ0n) is 13.0. The van der Waals surface area contributed by atoms with Gasteiger partial charge in [0.1, 0.15) is 0 Å². The lowest BCUT2D eigenvalue weighted by atomic mass is 9.92. The van der Waals surface area contributed by atoms with E-state index in [1.807, 2.05) is 7.05 Å². The molecule has 0 saturated carbocycles. The van der Waals surface area contributed by atoms with Crippen molar-refractivity contribution in [3.63, 3.8) is 0 Å². The normalized spacial score (nSPS) is 34.2. The fourth-order valence-electron chi connectivity index (χ4n) is 3.67. The van der Waals surface area contributed by atoms with Crippen molar-refractivity contribution in [3.05, 3.63) is 0 Å². The largest absolute Gasteiger partial charge is 0.317 e. The average molecular weight is 303 g/mol. The molecular formula is C14H29N3O2S. The SMILES string of the molecule is CNC1CCN(CC2CCCN(S(C)(=O)=O)C2)CC1C. The molecule has 3 unspecified atom stereocenters. The predicted molar refractivity (Wildman–Crippen MR) is 82.2 cm³/mol. The molecule has 2 fully saturated rings. The van der Waals surface area contributed by atoms with Crippen LogP contribution in [-0.2, 0) is 10.0 Å². The van der Waals surface area contributed by atoms with Crippen LogP contribution in [0.25, 0.3) is 0 Å². The molecule has 0 bridgehead atoms. The van der Waals surface area contributed by atoms with Crippen LogP contribution in [0.3, 0.4) is 0 Å². The van der Waals surface area contributed by atoms with Crippen molar-refractivity contribution >= 4 is 10.0 Å². The van der Waals surface area contributed by atoms with Crippen LogP contribution in [0.15, 0.2) is 0 Å². The van der Waals surface area contributed by atoms with Crippen LogP contribution in [-0.4, -0.2) is 69.7 Å². The molecule has 0 spiro atoms. The van der Waals surface area contributed by atoms with Gasteiger partial charge < -0.3 is 10.2 Å². The van der Waals surface area contributed by atoms with Gasteiger partial charge >= 0.3 is 0 Å². The second-order valence-corrected chi connectivity index (χ2v) is 8.53. The monoisotopic (exact) mass is 303 g/mol. The second-order valence-electron chi connectivity index (χ2n) is 6.55. The van der Waals surface area contributed by atoms with Crippen molar-refractivity contribution in [3.8, 4) is 0 Å². The van der Waals surface area contributed by atoms with E-state index in [1.54, 1.807) is 4.31 Å². The molecule has 3 atom stereocenters. The molecule has 0 aromatic rings. The van der Waals surface area contributed by atoms with Crippen LogP contribution in [0.5, 0.6) is 0 Å². The van der Waals surface area contributed by atoms with E-state index in [4.69, 9.17) is 0 Å². The van der Waals surface area contributed by atoms with Gasteiger partial charge in [-0.15, -0.1) is 0 Å². The van der Waals surface area contributed by atoms with Crippen LogP contribution in [0, 0.1) is 11.8 Å². The Morgan fingerprint density at radius 2 is 1.95 bits per heavy atom. The lowest BCUT2D eigenvalue weighted by molar-refractivity contribution is 0.114. The molecule has 118 valence electrons. The van der Waals surface area contributed by atoms with Gasteiger partial charge in [-0.1, -0.05) is 6.92 Å². The van der Waals surface area contributed by atoms with Crippen LogP contribution in [0.2, 0.25) is 0 Å². The lowest BCUT2D eigenvalue weighted by Crippen LogP contribution is -2.50. The Morgan fingerprint density at radius 1 is 1.20 bits per heavy atom. The van der Waals surface area contributed by atoms with Gasteiger partial charge in [0.25, 0.3) is 0 Å². The van der Waals surface area contributed by atoms with Crippen LogP contribution in [0.1, 0.15) is 26.2 Å². The van der Waals surface area contributed by atoms with Crippen molar-refractivity contribution in [2.45, 2.75) is 32.2 Å². The number of piperidine rings is 2. The Morgan fingerprint density at radius 3 is 2.55 bits per heavy atom. The molecule has 2 aliphatic rings. The predicted octanol–water partition coefficient (Wildman–Crippen LogP) is 0.588. The van der Waals surface area contributed by atoms with Gasteiger partial charge in [0.05, 0.1) is 6.26 Å². The highest BCUT2D eigenvalue weighted by Gasteiger charge is 2.30. The molecule has 2 saturated heterocycles. The highest BCUT2D eigenvalue weighted by Crippen LogP contribution is 2.23. The first-order chi connectivity index (χ1) is 9.40. The Hall–Kier alpha value is -0.170. The topological polar surface area (TPSA) is 52.6 Å². The molecular weight excluding hydrogens is 274 g/mol. The number of hydrogen-bond donors (Lipinski definition) is 1. The van der Waals surface area contributed by atoms with Crippen molar-refractivity contribution < 1.29 is 8.42 Å². The van der Waals surface area contributed by atoms with E-state index >= 15 is 0 Å². The molecule has 0 aliphatic carbocycles. The number of hydrogen-bond acceptors (Lipinski definition) is 4. The molecule has 0 radical (unpaired) electrons. The number of sulfonamides is 1. The maximum atomic E-state index is 11.7. The minimum absolute atomic E-state index is 0.497. The first-order valence-corrected chi connectivity index (χ1v) is 9.59. The van der Waals surface area contributed by atoms with E-state index < -0.39 is 10.0 Å². The highest BCUT2D eigenvalue weighted by molar-refractivity contribution is 7.88. The van der Waals surface area contributed by atoms with Gasteiger partial charge in [0.15, 0.2) is 0 Å². The molecule has 1 N–H and O–H groups in total. The van der Waals surface area contributed by atoms with Gasteiger partial charge in [0.2, 0.25) is 10.0 Å². The summed E-state index contributed by atoms with van der Waals surface area (Å²) < 4.78 is 25.0. The molecule has 0 amide bonds. The maximum Gasteiger partial charge on any atom is 0.211 e. The Balaban J connectivity index is 1.85. The Kier molecular flexibility index (Phi) is 5.45. The molecule has 0 aromatic heterocycles. The first kappa shape index (κ1) is 16.2. The van der Waals surface area contributed by atoms with Gasteiger partial charge in [-0.2, -0.15) is 0 Å². The Bertz CT molecular complexity index is 413. The van der Waals surface area contributed by atoms with Crippen LogP contribution in [0.4, 0.5) is 0 Å². The van der Waals surface area contributed by atoms with E-state index in [0.717, 1.165) is 32.5 Å². The van der Waals surface area contributed by atoms with Crippen molar-refractivity contribution in [1.29, 1.82) is 0 Å². The summed E-state index contributed by atoms with van der Waals surface area (Å²) in [6.45, 7) is 7.02. The summed E-state index contributed by atoms with van der Waals surface area (Å²) in [5, 5.41) is 3.39. The maximum absolute atomic E-state index is 11.7. The summed E-state index contributed by atoms with van der Waals surface area (Å²) >= 11 is 0. The molecule has 2 heterocycles. The average Bonchev–Trinajstić information content (AvgIpc) is 2.38. The fraction of sp³-hybridized carbons (Fsp3) is 1.00. The van der Waals surface area contributed by atoms with Gasteiger partial charge in [-0.25, -0.2) is 12.7 Å². The van der Waals surface area contributed by atoms with Gasteiger partial charge in [0, 0.05) is 32.2 Å². The summed E-state index contributed by atoms with van der Waals surface area (Å²) in [6, 6.07) is 0.630. The van der Waals surface area contributed by atoms with E-state index in [-0.39, 0.29) is 0 Å². The van der Waals surface area contributed by atoms with Crippen LogP contribution >= 0.6 is 0 Å². The van der Waals surface area contributed by atoms with Gasteiger partial charge in [-0.3, -0.25) is 0 Å². The van der Waals surface area contributed by atoms with E-state index in [9.17, 15) is 8.42 Å². The Labute approximate surface area is 123 Å². The lowest BCUT2D eigenvalue weighted by Gasteiger charge is -2.40. The number of rotatable bonds is 4. The van der Waals surface area contributed by atoms with Crippen LogP contribution < -0.4 is 5.32 Å².